The van der Waals surface area contributed by atoms with Crippen molar-refractivity contribution in [2.45, 2.75) is 56.4 Å². The van der Waals surface area contributed by atoms with Gasteiger partial charge in [0.25, 0.3) is 0 Å². The fraction of sp³-hybridized carbons (Fsp3) is 0.611. The Balaban J connectivity index is 1.80. The van der Waals surface area contributed by atoms with Crippen molar-refractivity contribution in [3.8, 4) is 0 Å². The van der Waals surface area contributed by atoms with Crippen LogP contribution in [0.2, 0.25) is 0 Å². The van der Waals surface area contributed by atoms with Crippen molar-refractivity contribution in [3.63, 3.8) is 0 Å². The maximum atomic E-state index is 12.5. The lowest BCUT2D eigenvalue weighted by atomic mass is 9.94. The van der Waals surface area contributed by atoms with Gasteiger partial charge < -0.3 is 10.0 Å². The molecular formula is C18H27NO2S. The van der Waals surface area contributed by atoms with Crippen molar-refractivity contribution in [1.29, 1.82) is 0 Å². The largest absolute Gasteiger partial charge is 0.388 e. The van der Waals surface area contributed by atoms with E-state index >= 15 is 0 Å². The minimum Gasteiger partial charge on any atom is -0.388 e. The molecule has 22 heavy (non-hydrogen) atoms. The van der Waals surface area contributed by atoms with Gasteiger partial charge in [0.1, 0.15) is 0 Å². The first kappa shape index (κ1) is 17.4. The monoisotopic (exact) mass is 321 g/mol. The highest BCUT2D eigenvalue weighted by molar-refractivity contribution is 8.00. The van der Waals surface area contributed by atoms with Gasteiger partial charge in [0.2, 0.25) is 5.91 Å². The van der Waals surface area contributed by atoms with Gasteiger partial charge in [0, 0.05) is 18.8 Å². The van der Waals surface area contributed by atoms with E-state index in [0.29, 0.717) is 11.8 Å². The van der Waals surface area contributed by atoms with Crippen LogP contribution in [0.3, 0.4) is 0 Å². The summed E-state index contributed by atoms with van der Waals surface area (Å²) in [6, 6.07) is 10.0. The van der Waals surface area contributed by atoms with Crippen molar-refractivity contribution in [2.75, 3.05) is 12.8 Å². The standard InChI is InChI=1S/C18H27NO2S/c1-14(18(21)19(2)16-11-7-4-8-12-16)22-13-17(20)15-9-5-3-6-10-15/h3,5-6,9-10,14,16-17,20H,4,7-8,11-13H2,1-2H3. The Kier molecular flexibility index (Phi) is 6.77. The Bertz CT molecular complexity index is 459. The summed E-state index contributed by atoms with van der Waals surface area (Å²) in [4.78, 5) is 14.5. The molecule has 0 aliphatic heterocycles. The number of aliphatic hydroxyl groups excluding tert-OH is 1. The summed E-state index contributed by atoms with van der Waals surface area (Å²) in [6.07, 6.45) is 5.51. The summed E-state index contributed by atoms with van der Waals surface area (Å²) in [6.45, 7) is 1.95. The van der Waals surface area contributed by atoms with E-state index in [0.717, 1.165) is 18.4 Å². The quantitative estimate of drug-likeness (QED) is 0.870. The summed E-state index contributed by atoms with van der Waals surface area (Å²) in [5, 5.41) is 10.1. The van der Waals surface area contributed by atoms with Gasteiger partial charge in [-0.2, -0.15) is 0 Å². The van der Waals surface area contributed by atoms with Gasteiger partial charge in [-0.3, -0.25) is 4.79 Å². The van der Waals surface area contributed by atoms with E-state index in [2.05, 4.69) is 0 Å². The number of thioether (sulfide) groups is 1. The second-order valence-corrected chi connectivity index (χ2v) is 7.52. The molecule has 1 saturated carbocycles. The van der Waals surface area contributed by atoms with Crippen molar-refractivity contribution in [2.24, 2.45) is 0 Å². The van der Waals surface area contributed by atoms with Crippen LogP contribution < -0.4 is 0 Å². The fourth-order valence-corrected chi connectivity index (χ4v) is 3.99. The Morgan fingerprint density at radius 1 is 1.27 bits per heavy atom. The molecule has 0 aromatic heterocycles. The van der Waals surface area contributed by atoms with Crippen LogP contribution in [-0.4, -0.2) is 40.0 Å². The minimum atomic E-state index is -0.513. The molecule has 1 aliphatic carbocycles. The Morgan fingerprint density at radius 2 is 1.91 bits per heavy atom. The molecule has 0 radical (unpaired) electrons. The topological polar surface area (TPSA) is 40.5 Å². The SMILES string of the molecule is CC(SCC(O)c1ccccc1)C(=O)N(C)C1CCCCC1. The molecule has 0 heterocycles. The number of amides is 1. The molecule has 1 fully saturated rings. The third kappa shape index (κ3) is 4.75. The summed E-state index contributed by atoms with van der Waals surface area (Å²) >= 11 is 1.54. The second kappa shape index (κ2) is 8.59. The van der Waals surface area contributed by atoms with E-state index in [1.807, 2.05) is 49.2 Å². The second-order valence-electron chi connectivity index (χ2n) is 6.14. The summed E-state index contributed by atoms with van der Waals surface area (Å²) in [5.74, 6) is 0.743. The molecule has 0 bridgehead atoms. The van der Waals surface area contributed by atoms with Crippen LogP contribution in [0.5, 0.6) is 0 Å². The summed E-state index contributed by atoms with van der Waals surface area (Å²) in [7, 11) is 1.93. The van der Waals surface area contributed by atoms with E-state index in [-0.39, 0.29) is 11.2 Å². The molecule has 2 rings (SSSR count). The molecule has 1 N–H and O–H groups in total. The van der Waals surface area contributed by atoms with Crippen molar-refractivity contribution in [1.82, 2.24) is 4.90 Å². The van der Waals surface area contributed by atoms with Gasteiger partial charge in [-0.05, 0) is 25.3 Å². The van der Waals surface area contributed by atoms with E-state index < -0.39 is 6.10 Å². The highest BCUT2D eigenvalue weighted by Crippen LogP contribution is 2.26. The molecule has 0 saturated heterocycles. The first-order chi connectivity index (χ1) is 10.6. The van der Waals surface area contributed by atoms with E-state index in [1.165, 1.54) is 31.0 Å². The molecule has 3 nitrogen and oxygen atoms in total. The lowest BCUT2D eigenvalue weighted by Crippen LogP contribution is -2.42. The molecule has 1 aromatic rings. The molecule has 122 valence electrons. The van der Waals surface area contributed by atoms with Crippen LogP contribution in [0.1, 0.15) is 50.7 Å². The van der Waals surface area contributed by atoms with Gasteiger partial charge in [-0.15, -0.1) is 11.8 Å². The van der Waals surface area contributed by atoms with Crippen LogP contribution in [0.4, 0.5) is 0 Å². The minimum absolute atomic E-state index is 0.106. The smallest absolute Gasteiger partial charge is 0.235 e. The first-order valence-corrected chi connectivity index (χ1v) is 9.25. The van der Waals surface area contributed by atoms with E-state index in [1.54, 1.807) is 0 Å². The average Bonchev–Trinajstić information content (AvgIpc) is 2.59. The lowest BCUT2D eigenvalue weighted by molar-refractivity contribution is -0.131. The maximum absolute atomic E-state index is 12.5. The molecule has 1 aromatic carbocycles. The average molecular weight is 321 g/mol. The zero-order valence-corrected chi connectivity index (χ0v) is 14.4. The lowest BCUT2D eigenvalue weighted by Gasteiger charge is -2.33. The van der Waals surface area contributed by atoms with Gasteiger partial charge in [-0.25, -0.2) is 0 Å². The van der Waals surface area contributed by atoms with E-state index in [4.69, 9.17) is 0 Å². The summed E-state index contributed by atoms with van der Waals surface area (Å²) < 4.78 is 0. The number of benzene rings is 1. The molecular weight excluding hydrogens is 294 g/mol. The molecule has 1 amide bonds. The number of aliphatic hydroxyl groups is 1. The number of carbonyl (C=O) groups is 1. The van der Waals surface area contributed by atoms with Gasteiger partial charge in [0.15, 0.2) is 0 Å². The summed E-state index contributed by atoms with van der Waals surface area (Å²) in [5.41, 5.74) is 0.912. The van der Waals surface area contributed by atoms with Gasteiger partial charge in [-0.1, -0.05) is 49.6 Å². The Labute approximate surface area is 138 Å². The number of hydrogen-bond donors (Lipinski definition) is 1. The number of hydrogen-bond acceptors (Lipinski definition) is 3. The third-order valence-electron chi connectivity index (χ3n) is 4.51. The number of rotatable bonds is 6. The number of carbonyl (C=O) groups excluding carboxylic acids is 1. The van der Waals surface area contributed by atoms with Crippen molar-refractivity contribution in [3.05, 3.63) is 35.9 Å². The van der Waals surface area contributed by atoms with Crippen LogP contribution in [0.25, 0.3) is 0 Å². The molecule has 2 unspecified atom stereocenters. The molecule has 1 aliphatic rings. The van der Waals surface area contributed by atoms with Crippen LogP contribution in [0.15, 0.2) is 30.3 Å². The first-order valence-electron chi connectivity index (χ1n) is 8.21. The van der Waals surface area contributed by atoms with Crippen molar-refractivity contribution < 1.29 is 9.90 Å². The number of nitrogens with zero attached hydrogens (tertiary/aromatic N) is 1. The highest BCUT2D eigenvalue weighted by Gasteiger charge is 2.26. The third-order valence-corrected chi connectivity index (χ3v) is 5.72. The predicted octanol–water partition coefficient (Wildman–Crippen LogP) is 3.63. The van der Waals surface area contributed by atoms with Crippen LogP contribution >= 0.6 is 11.8 Å². The van der Waals surface area contributed by atoms with Gasteiger partial charge >= 0.3 is 0 Å². The van der Waals surface area contributed by atoms with E-state index in [9.17, 15) is 9.90 Å². The Hall–Kier alpha value is -1.00. The molecule has 2 atom stereocenters. The van der Waals surface area contributed by atoms with Crippen LogP contribution in [-0.2, 0) is 4.79 Å². The maximum Gasteiger partial charge on any atom is 0.235 e. The predicted molar refractivity (Wildman–Crippen MR) is 93.0 cm³/mol. The Morgan fingerprint density at radius 3 is 2.55 bits per heavy atom. The normalized spacial score (nSPS) is 18.7. The zero-order chi connectivity index (χ0) is 15.9. The van der Waals surface area contributed by atoms with Crippen LogP contribution in [0, 0.1) is 0 Å². The molecule has 0 spiro atoms. The zero-order valence-electron chi connectivity index (χ0n) is 13.6. The highest BCUT2D eigenvalue weighted by atomic mass is 32.2. The van der Waals surface area contributed by atoms with Crippen molar-refractivity contribution >= 4 is 17.7 Å². The molecule has 4 heteroatoms. The fourth-order valence-electron chi connectivity index (χ4n) is 3.01. The van der Waals surface area contributed by atoms with Gasteiger partial charge in [0.05, 0.1) is 11.4 Å².